The first-order valence-electron chi connectivity index (χ1n) is 7.48. The molecule has 0 radical (unpaired) electrons. The lowest BCUT2D eigenvalue weighted by molar-refractivity contribution is 0.547. The molecule has 0 bridgehead atoms. The van der Waals surface area contributed by atoms with E-state index in [2.05, 4.69) is 20.3 Å². The highest BCUT2D eigenvalue weighted by Crippen LogP contribution is 2.27. The number of anilines is 2. The van der Waals surface area contributed by atoms with Gasteiger partial charge in [-0.1, -0.05) is 5.21 Å². The highest BCUT2D eigenvalue weighted by atomic mass is 19.1. The van der Waals surface area contributed by atoms with Crippen LogP contribution in [-0.4, -0.2) is 25.0 Å². The van der Waals surface area contributed by atoms with Crippen molar-refractivity contribution in [2.75, 3.05) is 11.5 Å². The fourth-order valence-electron chi connectivity index (χ4n) is 2.59. The van der Waals surface area contributed by atoms with Crippen LogP contribution in [-0.2, 0) is 6.54 Å². The highest BCUT2D eigenvalue weighted by molar-refractivity contribution is 5.86. The number of nitrogen functional groups attached to an aromatic ring is 2. The van der Waals surface area contributed by atoms with E-state index in [9.17, 15) is 4.39 Å². The van der Waals surface area contributed by atoms with Gasteiger partial charge in [-0.05, 0) is 37.3 Å². The molecule has 0 aliphatic rings. The lowest BCUT2D eigenvalue weighted by Gasteiger charge is -2.06. The molecule has 4 aromatic rings. The summed E-state index contributed by atoms with van der Waals surface area (Å²) < 4.78 is 21.0. The Morgan fingerprint density at radius 1 is 1.16 bits per heavy atom. The molecule has 0 saturated carbocycles. The van der Waals surface area contributed by atoms with Gasteiger partial charge in [-0.25, -0.2) is 14.1 Å². The molecule has 0 atom stereocenters. The topological polar surface area (TPSA) is 122 Å². The normalized spacial score (nSPS) is 11.3. The second-order valence-electron chi connectivity index (χ2n) is 5.61. The Morgan fingerprint density at radius 3 is 2.76 bits per heavy atom. The minimum Gasteiger partial charge on any atom is -0.460 e. The van der Waals surface area contributed by atoms with Crippen LogP contribution in [0.5, 0.6) is 0 Å². The summed E-state index contributed by atoms with van der Waals surface area (Å²) in [6, 6.07) is 7.93. The van der Waals surface area contributed by atoms with E-state index in [1.165, 1.54) is 16.8 Å². The van der Waals surface area contributed by atoms with E-state index >= 15 is 0 Å². The van der Waals surface area contributed by atoms with E-state index in [4.69, 9.17) is 15.9 Å². The van der Waals surface area contributed by atoms with E-state index in [0.29, 0.717) is 33.9 Å². The van der Waals surface area contributed by atoms with E-state index in [-0.39, 0.29) is 18.3 Å². The number of hydrogen-bond donors (Lipinski definition) is 2. The van der Waals surface area contributed by atoms with Gasteiger partial charge in [0.2, 0.25) is 5.95 Å². The molecule has 0 saturated heterocycles. The van der Waals surface area contributed by atoms with Gasteiger partial charge >= 0.3 is 0 Å². The number of nitrogens with two attached hydrogens (primary N) is 2. The van der Waals surface area contributed by atoms with Crippen molar-refractivity contribution in [2.45, 2.75) is 13.5 Å². The summed E-state index contributed by atoms with van der Waals surface area (Å²) in [7, 11) is 0. The summed E-state index contributed by atoms with van der Waals surface area (Å²) in [6.07, 6.45) is 0. The van der Waals surface area contributed by atoms with Gasteiger partial charge in [0.15, 0.2) is 16.9 Å². The van der Waals surface area contributed by atoms with Crippen LogP contribution in [0.15, 0.2) is 34.7 Å². The molecule has 0 aliphatic carbocycles. The molecule has 3 aromatic heterocycles. The first-order valence-corrected chi connectivity index (χ1v) is 7.48. The van der Waals surface area contributed by atoms with Gasteiger partial charge in [-0.3, -0.25) is 0 Å². The van der Waals surface area contributed by atoms with Gasteiger partial charge in [0.05, 0.1) is 6.54 Å². The number of fused-ring (bicyclic) bond motifs is 1. The van der Waals surface area contributed by atoms with Crippen LogP contribution >= 0.6 is 0 Å². The Balaban J connectivity index is 1.84. The largest absolute Gasteiger partial charge is 0.460 e. The van der Waals surface area contributed by atoms with Crippen molar-refractivity contribution in [3.05, 3.63) is 47.5 Å². The lowest BCUT2D eigenvalue weighted by atomic mass is 10.2. The number of rotatable bonds is 3. The highest BCUT2D eigenvalue weighted by Gasteiger charge is 2.18. The van der Waals surface area contributed by atoms with Crippen molar-refractivity contribution in [1.82, 2.24) is 25.0 Å². The van der Waals surface area contributed by atoms with Gasteiger partial charge in [-0.2, -0.15) is 4.98 Å². The average Bonchev–Trinajstić information content (AvgIpc) is 3.17. The standard InChI is InChI=1S/C16H14FN7O/c1-8-2-5-12(25-8)13-14-15(21-16(19)20-13)24(23-22-14)7-9-6-10(18)3-4-11(9)17/h2-6H,7,18H2,1H3,(H2,19,20,21). The third-order valence-electron chi connectivity index (χ3n) is 3.74. The van der Waals surface area contributed by atoms with E-state index in [1.807, 2.05) is 13.0 Å². The summed E-state index contributed by atoms with van der Waals surface area (Å²) >= 11 is 0. The Morgan fingerprint density at radius 2 is 2.00 bits per heavy atom. The van der Waals surface area contributed by atoms with Crippen molar-refractivity contribution in [2.24, 2.45) is 0 Å². The molecule has 4 N–H and O–H groups in total. The molecule has 25 heavy (non-hydrogen) atoms. The van der Waals surface area contributed by atoms with Crippen LogP contribution in [0.25, 0.3) is 22.6 Å². The van der Waals surface area contributed by atoms with Crippen LogP contribution in [0, 0.1) is 12.7 Å². The first-order chi connectivity index (χ1) is 12.0. The Hall–Kier alpha value is -3.49. The predicted octanol–water partition coefficient (Wildman–Crippen LogP) is 2.14. The number of hydrogen-bond acceptors (Lipinski definition) is 7. The quantitative estimate of drug-likeness (QED) is 0.548. The SMILES string of the molecule is Cc1ccc(-c2nc(N)nc3c2nnn3Cc2cc(N)ccc2F)o1. The number of halogens is 1. The van der Waals surface area contributed by atoms with Crippen LogP contribution in [0.4, 0.5) is 16.0 Å². The molecule has 0 amide bonds. The molecule has 126 valence electrons. The van der Waals surface area contributed by atoms with E-state index in [0.717, 1.165) is 5.76 Å². The molecule has 0 fully saturated rings. The molecule has 4 rings (SSSR count). The Bertz CT molecular complexity index is 1090. The smallest absolute Gasteiger partial charge is 0.222 e. The van der Waals surface area contributed by atoms with Gasteiger partial charge in [0.25, 0.3) is 0 Å². The summed E-state index contributed by atoms with van der Waals surface area (Å²) in [4.78, 5) is 8.39. The average molecular weight is 339 g/mol. The number of nitrogens with zero attached hydrogens (tertiary/aromatic N) is 5. The predicted molar refractivity (Wildman–Crippen MR) is 89.9 cm³/mol. The molecule has 9 heteroatoms. The molecule has 0 unspecified atom stereocenters. The second kappa shape index (κ2) is 5.55. The van der Waals surface area contributed by atoms with Crippen LogP contribution in [0.2, 0.25) is 0 Å². The van der Waals surface area contributed by atoms with Crippen molar-refractivity contribution in [1.29, 1.82) is 0 Å². The summed E-state index contributed by atoms with van der Waals surface area (Å²) in [5, 5.41) is 8.17. The molecular formula is C16H14FN7O. The number of aryl methyl sites for hydroxylation is 1. The summed E-state index contributed by atoms with van der Waals surface area (Å²) in [5.41, 5.74) is 13.6. The Kier molecular flexibility index (Phi) is 3.34. The Labute approximate surface area is 141 Å². The number of aromatic nitrogens is 5. The molecule has 3 heterocycles. The van der Waals surface area contributed by atoms with E-state index < -0.39 is 0 Å². The van der Waals surface area contributed by atoms with Crippen molar-refractivity contribution in [3.8, 4) is 11.5 Å². The van der Waals surface area contributed by atoms with Gasteiger partial charge in [0.1, 0.15) is 17.3 Å². The van der Waals surface area contributed by atoms with Crippen LogP contribution in [0.3, 0.4) is 0 Å². The minimum atomic E-state index is -0.387. The van der Waals surface area contributed by atoms with Crippen molar-refractivity contribution < 1.29 is 8.81 Å². The zero-order chi connectivity index (χ0) is 17.6. The van der Waals surface area contributed by atoms with E-state index in [1.54, 1.807) is 12.1 Å². The van der Waals surface area contributed by atoms with Crippen LogP contribution < -0.4 is 11.5 Å². The monoisotopic (exact) mass is 339 g/mol. The fourth-order valence-corrected chi connectivity index (χ4v) is 2.59. The number of benzene rings is 1. The second-order valence-corrected chi connectivity index (χ2v) is 5.61. The zero-order valence-electron chi connectivity index (χ0n) is 13.3. The third kappa shape index (κ3) is 2.65. The molecule has 0 aliphatic heterocycles. The lowest BCUT2D eigenvalue weighted by Crippen LogP contribution is -2.07. The van der Waals surface area contributed by atoms with Crippen LogP contribution in [0.1, 0.15) is 11.3 Å². The maximum atomic E-state index is 14.0. The van der Waals surface area contributed by atoms with Gasteiger partial charge in [0, 0.05) is 11.3 Å². The van der Waals surface area contributed by atoms with Gasteiger partial charge in [-0.15, -0.1) is 5.10 Å². The summed E-state index contributed by atoms with van der Waals surface area (Å²) in [6.45, 7) is 1.94. The zero-order valence-corrected chi connectivity index (χ0v) is 13.3. The molecule has 0 spiro atoms. The minimum absolute atomic E-state index is 0.0492. The summed E-state index contributed by atoms with van der Waals surface area (Å²) in [5.74, 6) is 0.906. The maximum Gasteiger partial charge on any atom is 0.222 e. The fraction of sp³-hybridized carbons (Fsp3) is 0.125. The van der Waals surface area contributed by atoms with Gasteiger partial charge < -0.3 is 15.9 Å². The van der Waals surface area contributed by atoms with Crippen molar-refractivity contribution in [3.63, 3.8) is 0 Å². The third-order valence-corrected chi connectivity index (χ3v) is 3.74. The first kappa shape index (κ1) is 15.1. The molecule has 8 nitrogen and oxygen atoms in total. The molecular weight excluding hydrogens is 325 g/mol. The maximum absolute atomic E-state index is 14.0. The van der Waals surface area contributed by atoms with Crippen molar-refractivity contribution >= 4 is 22.8 Å². The number of furan rings is 1. The molecule has 1 aromatic carbocycles.